The largest absolute Gasteiger partial charge is 0.353 e. The van der Waals surface area contributed by atoms with Crippen molar-refractivity contribution in [3.8, 4) is 0 Å². The summed E-state index contributed by atoms with van der Waals surface area (Å²) in [5.74, 6) is 2.11. The van der Waals surface area contributed by atoms with Crippen LogP contribution >= 0.6 is 11.8 Å². The number of thioether (sulfide) groups is 1. The molecule has 0 unspecified atom stereocenters. The van der Waals surface area contributed by atoms with Crippen molar-refractivity contribution >= 4 is 17.7 Å². The highest BCUT2D eigenvalue weighted by atomic mass is 32.2. The van der Waals surface area contributed by atoms with Gasteiger partial charge >= 0.3 is 0 Å². The van der Waals surface area contributed by atoms with Crippen LogP contribution < -0.4 is 5.32 Å². The van der Waals surface area contributed by atoms with Gasteiger partial charge in [0.25, 0.3) is 0 Å². The van der Waals surface area contributed by atoms with Crippen molar-refractivity contribution in [1.29, 1.82) is 0 Å². The average Bonchev–Trinajstić information content (AvgIpc) is 3.24. The van der Waals surface area contributed by atoms with Gasteiger partial charge in [0.1, 0.15) is 5.82 Å². The fourth-order valence-corrected chi connectivity index (χ4v) is 4.61. The summed E-state index contributed by atoms with van der Waals surface area (Å²) in [5, 5.41) is 12.8. The van der Waals surface area contributed by atoms with Gasteiger partial charge in [0.15, 0.2) is 5.16 Å². The van der Waals surface area contributed by atoms with Gasteiger partial charge in [0.2, 0.25) is 5.91 Å². The van der Waals surface area contributed by atoms with Crippen LogP contribution in [0.1, 0.15) is 69.5 Å². The molecule has 1 heterocycles. The summed E-state index contributed by atoms with van der Waals surface area (Å²) in [6.45, 7) is 4.57. The minimum absolute atomic E-state index is 0.113. The minimum atomic E-state index is 0.113. The first-order valence-electron chi connectivity index (χ1n) is 9.24. The summed E-state index contributed by atoms with van der Waals surface area (Å²) in [6, 6.07) is 0.368. The van der Waals surface area contributed by atoms with Crippen molar-refractivity contribution in [3.63, 3.8) is 0 Å². The molecule has 0 atom stereocenters. The molecule has 1 amide bonds. The van der Waals surface area contributed by atoms with Gasteiger partial charge in [-0.15, -0.1) is 16.8 Å². The number of carbonyl (C=O) groups is 1. The number of allylic oxidation sites excluding steroid dienone is 1. The predicted molar refractivity (Wildman–Crippen MR) is 97.2 cm³/mol. The zero-order valence-electron chi connectivity index (χ0n) is 14.4. The molecule has 3 rings (SSSR count). The van der Waals surface area contributed by atoms with Gasteiger partial charge in [0.05, 0.1) is 5.75 Å². The SMILES string of the molecule is C=CCn1c(SCC(=O)NC2CCCCC2)nnc1C1CCCC1. The Hall–Kier alpha value is -1.30. The quantitative estimate of drug-likeness (QED) is 0.603. The molecule has 0 radical (unpaired) electrons. The van der Waals surface area contributed by atoms with Gasteiger partial charge in [-0.05, 0) is 25.7 Å². The standard InChI is InChI=1S/C18H28N4OS/c1-2-12-22-17(14-8-6-7-9-14)20-21-18(22)24-13-16(23)19-15-10-4-3-5-11-15/h2,14-15H,1,3-13H2,(H,19,23). The average molecular weight is 349 g/mol. The van der Waals surface area contributed by atoms with Gasteiger partial charge in [-0.3, -0.25) is 4.79 Å². The number of nitrogens with one attached hydrogen (secondary N) is 1. The van der Waals surface area contributed by atoms with Gasteiger partial charge in [-0.25, -0.2) is 0 Å². The molecule has 2 fully saturated rings. The summed E-state index contributed by atoms with van der Waals surface area (Å²) in [5.41, 5.74) is 0. The number of hydrogen-bond acceptors (Lipinski definition) is 4. The normalized spacial score (nSPS) is 19.5. The van der Waals surface area contributed by atoms with Crippen molar-refractivity contribution in [2.45, 2.75) is 81.4 Å². The van der Waals surface area contributed by atoms with E-state index in [-0.39, 0.29) is 5.91 Å². The van der Waals surface area contributed by atoms with E-state index in [4.69, 9.17) is 0 Å². The van der Waals surface area contributed by atoms with E-state index in [1.165, 1.54) is 56.7 Å². The summed E-state index contributed by atoms with van der Waals surface area (Å²) in [6.07, 6.45) is 12.8. The molecule has 132 valence electrons. The zero-order chi connectivity index (χ0) is 16.8. The molecule has 24 heavy (non-hydrogen) atoms. The molecule has 6 heteroatoms. The Morgan fingerprint density at radius 3 is 2.58 bits per heavy atom. The maximum Gasteiger partial charge on any atom is 0.230 e. The molecule has 0 aliphatic heterocycles. The van der Waals surface area contributed by atoms with Crippen LogP contribution in [-0.4, -0.2) is 32.5 Å². The molecule has 0 bridgehead atoms. The molecule has 1 N–H and O–H groups in total. The third-order valence-corrected chi connectivity index (χ3v) is 6.05. The summed E-state index contributed by atoms with van der Waals surface area (Å²) >= 11 is 1.49. The lowest BCUT2D eigenvalue weighted by molar-refractivity contribution is -0.119. The maximum absolute atomic E-state index is 12.2. The van der Waals surface area contributed by atoms with Gasteiger partial charge in [-0.1, -0.05) is 49.9 Å². The maximum atomic E-state index is 12.2. The molecular formula is C18H28N4OS. The van der Waals surface area contributed by atoms with Crippen molar-refractivity contribution in [2.75, 3.05) is 5.75 Å². The summed E-state index contributed by atoms with van der Waals surface area (Å²) < 4.78 is 2.14. The van der Waals surface area contributed by atoms with E-state index in [9.17, 15) is 4.79 Å². The summed E-state index contributed by atoms with van der Waals surface area (Å²) in [7, 11) is 0. The van der Waals surface area contributed by atoms with Crippen molar-refractivity contribution < 1.29 is 4.79 Å². The lowest BCUT2D eigenvalue weighted by atomic mass is 9.95. The fraction of sp³-hybridized carbons (Fsp3) is 0.722. The van der Waals surface area contributed by atoms with Crippen LogP contribution in [0.15, 0.2) is 17.8 Å². The summed E-state index contributed by atoms with van der Waals surface area (Å²) in [4.78, 5) is 12.2. The number of rotatable bonds is 7. The smallest absolute Gasteiger partial charge is 0.230 e. The Morgan fingerprint density at radius 1 is 1.17 bits per heavy atom. The molecule has 1 aromatic rings. The van der Waals surface area contributed by atoms with Gasteiger partial charge < -0.3 is 9.88 Å². The Bertz CT molecular complexity index is 559. The predicted octanol–water partition coefficient (Wildman–Crippen LogP) is 3.66. The third-order valence-electron chi connectivity index (χ3n) is 5.08. The van der Waals surface area contributed by atoms with E-state index in [2.05, 4.69) is 26.7 Å². The Morgan fingerprint density at radius 2 is 1.88 bits per heavy atom. The topological polar surface area (TPSA) is 59.8 Å². The third kappa shape index (κ3) is 4.41. The molecule has 2 saturated carbocycles. The van der Waals surface area contributed by atoms with Crippen molar-refractivity contribution in [3.05, 3.63) is 18.5 Å². The minimum Gasteiger partial charge on any atom is -0.353 e. The monoisotopic (exact) mass is 348 g/mol. The molecule has 0 aromatic carbocycles. The molecule has 2 aliphatic rings. The molecule has 0 spiro atoms. The van der Waals surface area contributed by atoms with E-state index in [1.807, 2.05) is 6.08 Å². The van der Waals surface area contributed by atoms with Gasteiger partial charge in [-0.2, -0.15) is 0 Å². The van der Waals surface area contributed by atoms with E-state index in [0.717, 1.165) is 23.8 Å². The second-order valence-corrected chi connectivity index (χ2v) is 7.86. The van der Waals surface area contributed by atoms with Crippen LogP contribution in [0.3, 0.4) is 0 Å². The molecular weight excluding hydrogens is 320 g/mol. The fourth-order valence-electron chi connectivity index (χ4n) is 3.84. The zero-order valence-corrected chi connectivity index (χ0v) is 15.2. The first kappa shape index (κ1) is 17.5. The lowest BCUT2D eigenvalue weighted by Gasteiger charge is -2.22. The molecule has 5 nitrogen and oxygen atoms in total. The Kier molecular flexibility index (Phi) is 6.35. The second-order valence-electron chi connectivity index (χ2n) is 6.91. The number of carbonyl (C=O) groups excluding carboxylic acids is 1. The number of amides is 1. The number of aromatic nitrogens is 3. The van der Waals surface area contributed by atoms with Gasteiger partial charge in [0, 0.05) is 18.5 Å². The van der Waals surface area contributed by atoms with Crippen molar-refractivity contribution in [2.24, 2.45) is 0 Å². The molecule has 1 aromatic heterocycles. The number of hydrogen-bond donors (Lipinski definition) is 1. The van der Waals surface area contributed by atoms with Crippen LogP contribution in [0.4, 0.5) is 0 Å². The van der Waals surface area contributed by atoms with Crippen molar-refractivity contribution in [1.82, 2.24) is 20.1 Å². The Balaban J connectivity index is 1.57. The van der Waals surface area contributed by atoms with Crippen LogP contribution in [0.25, 0.3) is 0 Å². The first-order valence-corrected chi connectivity index (χ1v) is 10.2. The highest BCUT2D eigenvalue weighted by Crippen LogP contribution is 2.34. The molecule has 0 saturated heterocycles. The van der Waals surface area contributed by atoms with Crippen LogP contribution in [0, 0.1) is 0 Å². The van der Waals surface area contributed by atoms with E-state index in [1.54, 1.807) is 0 Å². The first-order chi connectivity index (χ1) is 11.8. The molecule has 2 aliphatic carbocycles. The highest BCUT2D eigenvalue weighted by Gasteiger charge is 2.24. The van der Waals surface area contributed by atoms with E-state index in [0.29, 0.717) is 24.3 Å². The van der Waals surface area contributed by atoms with Crippen LogP contribution in [-0.2, 0) is 11.3 Å². The van der Waals surface area contributed by atoms with Crippen LogP contribution in [0.2, 0.25) is 0 Å². The van der Waals surface area contributed by atoms with E-state index < -0.39 is 0 Å². The highest BCUT2D eigenvalue weighted by molar-refractivity contribution is 7.99. The van der Waals surface area contributed by atoms with Crippen LogP contribution in [0.5, 0.6) is 0 Å². The lowest BCUT2D eigenvalue weighted by Crippen LogP contribution is -2.37. The second kappa shape index (κ2) is 8.70. The number of nitrogens with zero attached hydrogens (tertiary/aromatic N) is 3. The van der Waals surface area contributed by atoms with E-state index >= 15 is 0 Å². The Labute approximate surface area is 148 Å².